The van der Waals surface area contributed by atoms with Crippen LogP contribution in [0, 0.1) is 5.92 Å². The van der Waals surface area contributed by atoms with E-state index >= 15 is 0 Å². The Labute approximate surface area is 113 Å². The van der Waals surface area contributed by atoms with Crippen molar-refractivity contribution in [3.63, 3.8) is 0 Å². The van der Waals surface area contributed by atoms with Crippen LogP contribution in [0.2, 0.25) is 0 Å². The van der Waals surface area contributed by atoms with Gasteiger partial charge in [-0.2, -0.15) is 0 Å². The number of amides is 2. The molecule has 1 fully saturated rings. The molecule has 1 rings (SSSR count). The third-order valence-electron chi connectivity index (χ3n) is 3.32. The molecular weight excluding hydrogens is 248 g/mol. The largest absolute Gasteiger partial charge is 0.481 e. The summed E-state index contributed by atoms with van der Waals surface area (Å²) in [6, 6.07) is 0. The highest BCUT2D eigenvalue weighted by Gasteiger charge is 2.22. The molecule has 19 heavy (non-hydrogen) atoms. The van der Waals surface area contributed by atoms with Crippen LogP contribution in [0.3, 0.4) is 0 Å². The van der Waals surface area contributed by atoms with Gasteiger partial charge in [0.2, 0.25) is 11.8 Å². The molecule has 6 nitrogen and oxygen atoms in total. The molecule has 0 aromatic heterocycles. The summed E-state index contributed by atoms with van der Waals surface area (Å²) >= 11 is 0. The molecule has 2 N–H and O–H groups in total. The normalized spacial score (nSPS) is 16.5. The maximum absolute atomic E-state index is 11.6. The third-order valence-corrected chi connectivity index (χ3v) is 3.32. The van der Waals surface area contributed by atoms with Crippen molar-refractivity contribution in [3.8, 4) is 0 Å². The van der Waals surface area contributed by atoms with Gasteiger partial charge in [0.1, 0.15) is 0 Å². The molecule has 1 saturated heterocycles. The van der Waals surface area contributed by atoms with Crippen LogP contribution in [-0.4, -0.2) is 47.4 Å². The number of carboxylic acid groups (broad SMARTS) is 1. The van der Waals surface area contributed by atoms with Gasteiger partial charge in [-0.15, -0.1) is 0 Å². The molecule has 0 spiro atoms. The highest BCUT2D eigenvalue weighted by molar-refractivity contribution is 5.85. The number of rotatable bonds is 8. The zero-order valence-corrected chi connectivity index (χ0v) is 11.4. The van der Waals surface area contributed by atoms with E-state index in [0.717, 1.165) is 12.8 Å². The van der Waals surface area contributed by atoms with Crippen LogP contribution in [0.4, 0.5) is 0 Å². The Hall–Kier alpha value is -1.59. The lowest BCUT2D eigenvalue weighted by Crippen LogP contribution is -2.38. The number of carbonyl (C=O) groups is 3. The first-order valence-electron chi connectivity index (χ1n) is 6.75. The molecule has 1 aliphatic heterocycles. The average molecular weight is 270 g/mol. The molecule has 1 heterocycles. The van der Waals surface area contributed by atoms with Crippen molar-refractivity contribution < 1.29 is 19.5 Å². The summed E-state index contributed by atoms with van der Waals surface area (Å²) in [5.74, 6) is -0.612. The third kappa shape index (κ3) is 6.22. The fourth-order valence-corrected chi connectivity index (χ4v) is 2.07. The number of hydrogen-bond acceptors (Lipinski definition) is 3. The van der Waals surface area contributed by atoms with E-state index in [1.54, 1.807) is 4.90 Å². The van der Waals surface area contributed by atoms with Crippen LogP contribution < -0.4 is 5.32 Å². The first kappa shape index (κ1) is 15.5. The van der Waals surface area contributed by atoms with Gasteiger partial charge in [0.05, 0.1) is 6.54 Å². The lowest BCUT2D eigenvalue weighted by atomic mass is 10.0. The van der Waals surface area contributed by atoms with Gasteiger partial charge < -0.3 is 15.3 Å². The Morgan fingerprint density at radius 2 is 2.16 bits per heavy atom. The summed E-state index contributed by atoms with van der Waals surface area (Å²) in [6.45, 7) is 3.31. The molecule has 0 radical (unpaired) electrons. The summed E-state index contributed by atoms with van der Waals surface area (Å²) in [4.78, 5) is 34.9. The Kier molecular flexibility index (Phi) is 6.32. The average Bonchev–Trinajstić information content (AvgIpc) is 2.72. The number of aliphatic carboxylic acids is 1. The minimum absolute atomic E-state index is 0.0463. The zero-order valence-electron chi connectivity index (χ0n) is 11.4. The molecule has 0 bridgehead atoms. The van der Waals surface area contributed by atoms with Gasteiger partial charge in [-0.25, -0.2) is 0 Å². The number of carbonyl (C=O) groups excluding carboxylic acids is 2. The van der Waals surface area contributed by atoms with Crippen LogP contribution in [0.15, 0.2) is 0 Å². The van der Waals surface area contributed by atoms with E-state index in [-0.39, 0.29) is 30.7 Å². The second-order valence-corrected chi connectivity index (χ2v) is 5.10. The minimum atomic E-state index is -0.788. The Bertz CT molecular complexity index is 344. The fraction of sp³-hybridized carbons (Fsp3) is 0.769. The smallest absolute Gasteiger partial charge is 0.303 e. The van der Waals surface area contributed by atoms with E-state index in [9.17, 15) is 14.4 Å². The molecule has 0 aliphatic carbocycles. The monoisotopic (exact) mass is 270 g/mol. The van der Waals surface area contributed by atoms with Crippen molar-refractivity contribution in [2.75, 3.05) is 19.6 Å². The highest BCUT2D eigenvalue weighted by Crippen LogP contribution is 2.10. The van der Waals surface area contributed by atoms with Crippen molar-refractivity contribution in [2.24, 2.45) is 5.92 Å². The van der Waals surface area contributed by atoms with Crippen molar-refractivity contribution in [1.29, 1.82) is 0 Å². The van der Waals surface area contributed by atoms with E-state index in [1.165, 1.54) is 0 Å². The molecule has 6 heteroatoms. The number of likely N-dealkylation sites (tertiary alicyclic amines) is 1. The molecule has 0 saturated carbocycles. The summed E-state index contributed by atoms with van der Waals surface area (Å²) in [5, 5.41) is 11.3. The Morgan fingerprint density at radius 1 is 1.42 bits per heavy atom. The topological polar surface area (TPSA) is 86.7 Å². The summed E-state index contributed by atoms with van der Waals surface area (Å²) in [6.07, 6.45) is 2.91. The molecule has 0 aromatic carbocycles. The van der Waals surface area contributed by atoms with E-state index in [1.807, 2.05) is 6.92 Å². The van der Waals surface area contributed by atoms with Gasteiger partial charge in [0.15, 0.2) is 0 Å². The van der Waals surface area contributed by atoms with Crippen molar-refractivity contribution in [3.05, 3.63) is 0 Å². The number of hydrogen-bond donors (Lipinski definition) is 2. The maximum atomic E-state index is 11.6. The standard InChI is InChI=1S/C13H22N2O4/c1-10(4-5-13(18)19)6-7-14-11(16)9-15-8-2-3-12(15)17/h10H,2-9H2,1H3,(H,14,16)(H,18,19). The van der Waals surface area contributed by atoms with Crippen LogP contribution in [0.25, 0.3) is 0 Å². The SMILES string of the molecule is CC(CCNC(=O)CN1CCCC1=O)CCC(=O)O. The zero-order chi connectivity index (χ0) is 14.3. The lowest BCUT2D eigenvalue weighted by molar-refractivity contribution is -0.137. The van der Waals surface area contributed by atoms with Crippen LogP contribution >= 0.6 is 0 Å². The predicted molar refractivity (Wildman–Crippen MR) is 69.5 cm³/mol. The molecule has 1 aliphatic rings. The number of nitrogens with zero attached hydrogens (tertiary/aromatic N) is 1. The van der Waals surface area contributed by atoms with E-state index in [0.29, 0.717) is 25.9 Å². The van der Waals surface area contributed by atoms with Gasteiger partial charge >= 0.3 is 5.97 Å². The molecule has 2 amide bonds. The molecule has 108 valence electrons. The van der Waals surface area contributed by atoms with Crippen molar-refractivity contribution in [2.45, 2.75) is 39.0 Å². The van der Waals surface area contributed by atoms with Gasteiger partial charge in [-0.05, 0) is 25.2 Å². The second-order valence-electron chi connectivity index (χ2n) is 5.10. The maximum Gasteiger partial charge on any atom is 0.303 e. The second kappa shape index (κ2) is 7.76. The predicted octanol–water partition coefficient (Wildman–Crippen LogP) is 0.616. The van der Waals surface area contributed by atoms with E-state index in [4.69, 9.17) is 5.11 Å². The molecule has 1 unspecified atom stereocenters. The van der Waals surface area contributed by atoms with Gasteiger partial charge in [0, 0.05) is 25.9 Å². The Morgan fingerprint density at radius 3 is 2.74 bits per heavy atom. The van der Waals surface area contributed by atoms with Crippen LogP contribution in [0.1, 0.15) is 39.0 Å². The molecular formula is C13H22N2O4. The lowest BCUT2D eigenvalue weighted by Gasteiger charge is -2.16. The van der Waals surface area contributed by atoms with Gasteiger partial charge in [0.25, 0.3) is 0 Å². The quantitative estimate of drug-likeness (QED) is 0.677. The summed E-state index contributed by atoms with van der Waals surface area (Å²) in [7, 11) is 0. The Balaban J connectivity index is 2.09. The van der Waals surface area contributed by atoms with E-state index < -0.39 is 5.97 Å². The van der Waals surface area contributed by atoms with Crippen molar-refractivity contribution >= 4 is 17.8 Å². The molecule has 0 aromatic rings. The van der Waals surface area contributed by atoms with Gasteiger partial charge in [-0.1, -0.05) is 6.92 Å². The number of carboxylic acids is 1. The van der Waals surface area contributed by atoms with Crippen LogP contribution in [-0.2, 0) is 14.4 Å². The minimum Gasteiger partial charge on any atom is -0.481 e. The fourth-order valence-electron chi connectivity index (χ4n) is 2.07. The first-order chi connectivity index (χ1) is 8.99. The summed E-state index contributed by atoms with van der Waals surface area (Å²) in [5.41, 5.74) is 0. The summed E-state index contributed by atoms with van der Waals surface area (Å²) < 4.78 is 0. The van der Waals surface area contributed by atoms with Gasteiger partial charge in [-0.3, -0.25) is 14.4 Å². The number of nitrogens with one attached hydrogen (secondary N) is 1. The highest BCUT2D eigenvalue weighted by atomic mass is 16.4. The van der Waals surface area contributed by atoms with E-state index in [2.05, 4.69) is 5.32 Å². The molecule has 1 atom stereocenters. The first-order valence-corrected chi connectivity index (χ1v) is 6.75. The van der Waals surface area contributed by atoms with Crippen molar-refractivity contribution in [1.82, 2.24) is 10.2 Å². The van der Waals surface area contributed by atoms with Crippen LogP contribution in [0.5, 0.6) is 0 Å².